The summed E-state index contributed by atoms with van der Waals surface area (Å²) < 4.78 is 0.553. The Balaban J connectivity index is 3.20. The molecule has 0 aliphatic carbocycles. The van der Waals surface area contributed by atoms with Gasteiger partial charge in [0.25, 0.3) is 0 Å². The van der Waals surface area contributed by atoms with E-state index in [0.29, 0.717) is 10.9 Å². The Morgan fingerprint density at radius 2 is 1.82 bits per heavy atom. The van der Waals surface area contributed by atoms with Gasteiger partial charge in [-0.25, -0.2) is 4.79 Å². The normalized spacial score (nSPS) is 20.5. The van der Waals surface area contributed by atoms with Crippen LogP contribution in [-0.4, -0.2) is 17.8 Å². The first-order chi connectivity index (χ1) is 7.84. The monoisotopic (exact) mass is 302 g/mol. The summed E-state index contributed by atoms with van der Waals surface area (Å²) in [6, 6.07) is -0.765. The van der Waals surface area contributed by atoms with E-state index < -0.39 is 23.3 Å². The highest BCUT2D eigenvalue weighted by molar-refractivity contribution is 9.11. The van der Waals surface area contributed by atoms with Gasteiger partial charge in [-0.3, -0.25) is 20.2 Å². The Kier molecular flexibility index (Phi) is 4.08. The lowest BCUT2D eigenvalue weighted by Gasteiger charge is -2.38. The van der Waals surface area contributed by atoms with Crippen LogP contribution in [0.15, 0.2) is 11.1 Å². The second-order valence-corrected chi connectivity index (χ2v) is 5.33. The molecule has 1 aliphatic heterocycles. The number of rotatable bonds is 4. The Morgan fingerprint density at radius 1 is 1.35 bits per heavy atom. The highest BCUT2D eigenvalue weighted by Gasteiger charge is 2.53. The van der Waals surface area contributed by atoms with E-state index in [9.17, 15) is 14.4 Å². The predicted molar refractivity (Wildman–Crippen MR) is 66.3 cm³/mol. The zero-order valence-electron chi connectivity index (χ0n) is 9.80. The van der Waals surface area contributed by atoms with Crippen molar-refractivity contribution in [3.8, 4) is 0 Å². The maximum atomic E-state index is 12.0. The van der Waals surface area contributed by atoms with E-state index in [4.69, 9.17) is 0 Å². The summed E-state index contributed by atoms with van der Waals surface area (Å²) in [5.41, 5.74) is -1.26. The summed E-state index contributed by atoms with van der Waals surface area (Å²) in [4.78, 5) is 35.1. The zero-order chi connectivity index (χ0) is 13.2. The Morgan fingerprint density at radius 3 is 2.18 bits per heavy atom. The summed E-state index contributed by atoms with van der Waals surface area (Å²) in [6.45, 7) is 7.37. The molecule has 1 heterocycles. The molecule has 2 N–H and O–H groups in total. The van der Waals surface area contributed by atoms with E-state index >= 15 is 0 Å². The molecule has 1 fully saturated rings. The zero-order valence-corrected chi connectivity index (χ0v) is 11.4. The molecule has 0 radical (unpaired) electrons. The lowest BCUT2D eigenvalue weighted by atomic mass is 9.70. The molecule has 1 saturated heterocycles. The van der Waals surface area contributed by atoms with Crippen molar-refractivity contribution in [2.75, 3.05) is 0 Å². The molecule has 94 valence electrons. The predicted octanol–water partition coefficient (Wildman–Crippen LogP) is 1.68. The van der Waals surface area contributed by atoms with Crippen molar-refractivity contribution in [1.29, 1.82) is 0 Å². The minimum Gasteiger partial charge on any atom is -0.277 e. The van der Waals surface area contributed by atoms with Crippen molar-refractivity contribution in [1.82, 2.24) is 10.6 Å². The molecule has 0 spiro atoms. The number of imide groups is 2. The Bertz CT molecular complexity index is 372. The van der Waals surface area contributed by atoms with Crippen molar-refractivity contribution in [2.24, 2.45) is 11.3 Å². The second-order valence-electron chi connectivity index (χ2n) is 4.21. The molecule has 1 aliphatic rings. The molecule has 1 rings (SSSR count). The van der Waals surface area contributed by atoms with Gasteiger partial charge >= 0.3 is 6.03 Å². The van der Waals surface area contributed by atoms with Crippen LogP contribution in [0.25, 0.3) is 0 Å². The van der Waals surface area contributed by atoms with Crippen molar-refractivity contribution in [2.45, 2.75) is 26.7 Å². The molecule has 4 amide bonds. The molecule has 5 nitrogen and oxygen atoms in total. The van der Waals surface area contributed by atoms with E-state index in [1.165, 1.54) is 0 Å². The van der Waals surface area contributed by atoms with Gasteiger partial charge in [0.05, 0.1) is 0 Å². The van der Waals surface area contributed by atoms with Gasteiger partial charge < -0.3 is 0 Å². The molecule has 0 unspecified atom stereocenters. The van der Waals surface area contributed by atoms with Crippen LogP contribution in [0.3, 0.4) is 0 Å². The minimum absolute atomic E-state index is 0.174. The smallest absolute Gasteiger partial charge is 0.277 e. The highest BCUT2D eigenvalue weighted by Crippen LogP contribution is 2.39. The average molecular weight is 303 g/mol. The van der Waals surface area contributed by atoms with Gasteiger partial charge in [0.15, 0.2) is 0 Å². The minimum atomic E-state index is -1.26. The van der Waals surface area contributed by atoms with Gasteiger partial charge in [-0.1, -0.05) is 42.8 Å². The lowest BCUT2D eigenvalue weighted by molar-refractivity contribution is -0.148. The van der Waals surface area contributed by atoms with E-state index in [0.717, 1.165) is 0 Å². The Hall–Kier alpha value is -1.17. The number of carbonyl (C=O) groups excluding carboxylic acids is 3. The number of barbiturate groups is 1. The van der Waals surface area contributed by atoms with Crippen LogP contribution >= 0.6 is 15.9 Å². The number of nitrogens with one attached hydrogen (secondary N) is 2. The van der Waals surface area contributed by atoms with Crippen LogP contribution in [0.4, 0.5) is 4.79 Å². The average Bonchev–Trinajstić information content (AvgIpc) is 2.22. The van der Waals surface area contributed by atoms with Crippen LogP contribution in [0.2, 0.25) is 0 Å². The summed E-state index contributed by atoms with van der Waals surface area (Å²) in [5, 5.41) is 4.30. The molecule has 0 aromatic rings. The van der Waals surface area contributed by atoms with Crippen molar-refractivity contribution in [3.05, 3.63) is 11.1 Å². The van der Waals surface area contributed by atoms with Crippen LogP contribution in [0.5, 0.6) is 0 Å². The van der Waals surface area contributed by atoms with E-state index in [2.05, 4.69) is 33.1 Å². The molecule has 17 heavy (non-hydrogen) atoms. The van der Waals surface area contributed by atoms with Gasteiger partial charge in [0, 0.05) is 6.42 Å². The topological polar surface area (TPSA) is 75.3 Å². The molecule has 1 atom stereocenters. The van der Waals surface area contributed by atoms with Crippen LogP contribution < -0.4 is 10.6 Å². The molecule has 6 heteroatoms. The number of allylic oxidation sites excluding steroid dienone is 1. The Labute approximate surface area is 108 Å². The highest BCUT2D eigenvalue weighted by atomic mass is 79.9. The molecule has 0 saturated carbocycles. The van der Waals surface area contributed by atoms with Gasteiger partial charge in [0.2, 0.25) is 11.8 Å². The number of urea groups is 1. The maximum Gasteiger partial charge on any atom is 0.328 e. The fourth-order valence-corrected chi connectivity index (χ4v) is 2.44. The molecule has 0 aromatic heterocycles. The third kappa shape index (κ3) is 2.41. The third-order valence-electron chi connectivity index (χ3n) is 3.19. The molecule has 0 aromatic carbocycles. The summed E-state index contributed by atoms with van der Waals surface area (Å²) in [5.74, 6) is -1.30. The summed E-state index contributed by atoms with van der Waals surface area (Å²) >= 11 is 3.17. The third-order valence-corrected chi connectivity index (χ3v) is 3.47. The largest absolute Gasteiger partial charge is 0.328 e. The number of hydrogen-bond donors (Lipinski definition) is 2. The fraction of sp³-hybridized carbons (Fsp3) is 0.545. The number of halogens is 1. The first-order valence-corrected chi connectivity index (χ1v) is 6.14. The van der Waals surface area contributed by atoms with Gasteiger partial charge in [-0.15, -0.1) is 0 Å². The van der Waals surface area contributed by atoms with Gasteiger partial charge in [0.1, 0.15) is 5.41 Å². The quantitative estimate of drug-likeness (QED) is 0.776. The molecule has 0 bridgehead atoms. The molecular weight excluding hydrogens is 288 g/mol. The number of amides is 4. The van der Waals surface area contributed by atoms with Gasteiger partial charge in [-0.2, -0.15) is 0 Å². The maximum absolute atomic E-state index is 12.0. The first-order valence-electron chi connectivity index (χ1n) is 5.34. The van der Waals surface area contributed by atoms with Crippen LogP contribution in [0.1, 0.15) is 26.7 Å². The van der Waals surface area contributed by atoms with Crippen molar-refractivity contribution in [3.63, 3.8) is 0 Å². The number of carbonyl (C=O) groups is 3. The SMILES string of the molecule is C=C(Br)CC1([C@@H](C)CC)C(=O)NC(=O)NC1=O. The lowest BCUT2D eigenvalue weighted by Crippen LogP contribution is -2.64. The van der Waals surface area contributed by atoms with Crippen LogP contribution in [-0.2, 0) is 9.59 Å². The first kappa shape index (κ1) is 13.9. The number of hydrogen-bond acceptors (Lipinski definition) is 3. The second kappa shape index (κ2) is 5.00. The standard InChI is InChI=1S/C11H15BrN2O3/c1-4-6(2)11(5-7(3)12)8(15)13-10(17)14-9(11)16/h6H,3-5H2,1-2H3,(H2,13,14,15,16,17)/t6-/m0/s1. The van der Waals surface area contributed by atoms with E-state index in [-0.39, 0.29) is 12.3 Å². The van der Waals surface area contributed by atoms with Crippen molar-refractivity contribution >= 4 is 33.8 Å². The molecular formula is C11H15BrN2O3. The van der Waals surface area contributed by atoms with Gasteiger partial charge in [-0.05, 0) is 10.4 Å². The van der Waals surface area contributed by atoms with E-state index in [1.807, 2.05) is 13.8 Å². The van der Waals surface area contributed by atoms with E-state index in [1.54, 1.807) is 0 Å². The summed E-state index contributed by atoms with van der Waals surface area (Å²) in [6.07, 6.45) is 0.822. The summed E-state index contributed by atoms with van der Waals surface area (Å²) in [7, 11) is 0. The fourth-order valence-electron chi connectivity index (χ4n) is 2.00. The van der Waals surface area contributed by atoms with Crippen LogP contribution in [0, 0.1) is 11.3 Å². The van der Waals surface area contributed by atoms with Crippen molar-refractivity contribution < 1.29 is 14.4 Å².